The Hall–Kier alpha value is -1.87. The Morgan fingerprint density at radius 1 is 1.32 bits per heavy atom. The number of hydrogen-bond donors (Lipinski definition) is 2. The Labute approximate surface area is 166 Å². The summed E-state index contributed by atoms with van der Waals surface area (Å²) >= 11 is 5.19. The first-order valence-corrected chi connectivity index (χ1v) is 9.52. The summed E-state index contributed by atoms with van der Waals surface area (Å²) in [4.78, 5) is 4.01. The molecule has 0 amide bonds. The number of aliphatic hydroxyl groups is 1. The Balaban J connectivity index is 1.73. The van der Waals surface area contributed by atoms with Gasteiger partial charge in [-0.25, -0.2) is 4.98 Å². The van der Waals surface area contributed by atoms with E-state index in [9.17, 15) is 18.3 Å². The van der Waals surface area contributed by atoms with Gasteiger partial charge < -0.3 is 9.84 Å². The SMILES string of the molecule is CC1(C)CCC(Cc2ccc(OCC(F)(F)F)cc2)C1(O)Cn1[nH]cnc1=S. The average molecular weight is 415 g/mol. The molecule has 2 atom stereocenters. The fourth-order valence-electron chi connectivity index (χ4n) is 3.96. The quantitative estimate of drug-likeness (QED) is 0.691. The van der Waals surface area contributed by atoms with Gasteiger partial charge in [0.1, 0.15) is 12.1 Å². The summed E-state index contributed by atoms with van der Waals surface area (Å²) in [6.45, 7) is 3.09. The number of benzene rings is 1. The van der Waals surface area contributed by atoms with Crippen LogP contribution in [0.4, 0.5) is 13.2 Å². The highest BCUT2D eigenvalue weighted by Gasteiger charge is 2.54. The number of alkyl halides is 3. The van der Waals surface area contributed by atoms with Crippen LogP contribution in [0.15, 0.2) is 30.6 Å². The number of hydrogen-bond acceptors (Lipinski definition) is 4. The number of ether oxygens (including phenoxy) is 1. The fraction of sp³-hybridized carbons (Fsp3) is 0.579. The van der Waals surface area contributed by atoms with Gasteiger partial charge in [0.15, 0.2) is 6.61 Å². The molecule has 2 unspecified atom stereocenters. The first kappa shape index (κ1) is 20.9. The fourth-order valence-corrected chi connectivity index (χ4v) is 4.13. The highest BCUT2D eigenvalue weighted by Crippen LogP contribution is 2.51. The second kappa shape index (κ2) is 7.51. The van der Waals surface area contributed by atoms with Gasteiger partial charge in [-0.2, -0.15) is 13.2 Å². The van der Waals surface area contributed by atoms with Crippen LogP contribution in [-0.2, 0) is 13.0 Å². The van der Waals surface area contributed by atoms with E-state index in [-0.39, 0.29) is 17.1 Å². The number of aromatic nitrogens is 3. The summed E-state index contributed by atoms with van der Waals surface area (Å²) < 4.78 is 43.6. The molecular weight excluding hydrogens is 391 g/mol. The molecule has 28 heavy (non-hydrogen) atoms. The Morgan fingerprint density at radius 2 is 2.00 bits per heavy atom. The Kier molecular flexibility index (Phi) is 5.60. The minimum Gasteiger partial charge on any atom is -0.484 e. The number of H-pyrrole nitrogens is 1. The number of halogens is 3. The first-order valence-electron chi connectivity index (χ1n) is 9.11. The van der Waals surface area contributed by atoms with Gasteiger partial charge in [0.25, 0.3) is 0 Å². The third kappa shape index (κ3) is 4.41. The van der Waals surface area contributed by atoms with Crippen molar-refractivity contribution in [1.29, 1.82) is 0 Å². The van der Waals surface area contributed by atoms with Crippen molar-refractivity contribution >= 4 is 12.2 Å². The summed E-state index contributed by atoms with van der Waals surface area (Å²) in [5.41, 5.74) is -0.370. The smallest absolute Gasteiger partial charge is 0.422 e. The van der Waals surface area contributed by atoms with E-state index in [0.29, 0.717) is 17.7 Å². The summed E-state index contributed by atoms with van der Waals surface area (Å²) in [6, 6.07) is 6.56. The molecule has 2 aromatic rings. The molecule has 154 valence electrons. The predicted octanol–water partition coefficient (Wildman–Crippen LogP) is 4.29. The third-order valence-corrected chi connectivity index (χ3v) is 6.12. The lowest BCUT2D eigenvalue weighted by Crippen LogP contribution is -2.49. The van der Waals surface area contributed by atoms with E-state index in [0.717, 1.165) is 18.4 Å². The maximum Gasteiger partial charge on any atom is 0.422 e. The minimum atomic E-state index is -4.36. The van der Waals surface area contributed by atoms with Crippen LogP contribution in [0.5, 0.6) is 5.75 Å². The van der Waals surface area contributed by atoms with Gasteiger partial charge in [-0.3, -0.25) is 9.78 Å². The Morgan fingerprint density at radius 3 is 2.57 bits per heavy atom. The highest BCUT2D eigenvalue weighted by molar-refractivity contribution is 7.71. The topological polar surface area (TPSA) is 63.1 Å². The zero-order valence-electron chi connectivity index (χ0n) is 15.8. The maximum atomic E-state index is 12.3. The van der Waals surface area contributed by atoms with Crippen molar-refractivity contribution in [2.45, 2.75) is 51.4 Å². The molecule has 3 rings (SSSR count). The molecule has 0 saturated heterocycles. The molecule has 1 heterocycles. The lowest BCUT2D eigenvalue weighted by Gasteiger charge is -2.41. The number of aromatic amines is 1. The van der Waals surface area contributed by atoms with E-state index in [1.165, 1.54) is 18.5 Å². The van der Waals surface area contributed by atoms with Crippen molar-refractivity contribution in [3.63, 3.8) is 0 Å². The lowest BCUT2D eigenvalue weighted by molar-refractivity contribution is -0.153. The van der Waals surface area contributed by atoms with Crippen LogP contribution in [-0.4, -0.2) is 38.3 Å². The van der Waals surface area contributed by atoms with Gasteiger partial charge >= 0.3 is 6.18 Å². The largest absolute Gasteiger partial charge is 0.484 e. The zero-order chi connectivity index (χ0) is 20.6. The van der Waals surface area contributed by atoms with Crippen molar-refractivity contribution in [2.75, 3.05) is 6.61 Å². The van der Waals surface area contributed by atoms with Crippen LogP contribution in [0.25, 0.3) is 0 Å². The molecule has 9 heteroatoms. The first-order chi connectivity index (χ1) is 13.0. The summed E-state index contributed by atoms with van der Waals surface area (Å²) in [6.07, 6.45) is -0.540. The normalized spacial score (nSPS) is 24.4. The van der Waals surface area contributed by atoms with Crippen LogP contribution in [0.2, 0.25) is 0 Å². The molecule has 1 aromatic carbocycles. The molecule has 5 nitrogen and oxygen atoms in total. The van der Waals surface area contributed by atoms with Gasteiger partial charge in [-0.05, 0) is 60.5 Å². The second-order valence-corrected chi connectivity index (χ2v) is 8.42. The number of rotatable bonds is 6. The molecule has 0 radical (unpaired) electrons. The van der Waals surface area contributed by atoms with Crippen LogP contribution in [0.3, 0.4) is 0 Å². The molecule has 1 saturated carbocycles. The summed E-state index contributed by atoms with van der Waals surface area (Å²) in [5, 5.41) is 14.5. The van der Waals surface area contributed by atoms with E-state index in [2.05, 4.69) is 10.1 Å². The van der Waals surface area contributed by atoms with Crippen molar-refractivity contribution < 1.29 is 23.0 Å². The van der Waals surface area contributed by atoms with Gasteiger partial charge in [0.2, 0.25) is 4.77 Å². The monoisotopic (exact) mass is 415 g/mol. The number of nitrogens with zero attached hydrogens (tertiary/aromatic N) is 2. The van der Waals surface area contributed by atoms with E-state index in [1.54, 1.807) is 16.8 Å². The van der Waals surface area contributed by atoms with Gasteiger partial charge in [-0.15, -0.1) is 0 Å². The molecule has 1 fully saturated rings. The molecule has 2 N–H and O–H groups in total. The highest BCUT2D eigenvalue weighted by atomic mass is 32.1. The van der Waals surface area contributed by atoms with E-state index in [4.69, 9.17) is 17.0 Å². The molecule has 1 aliphatic carbocycles. The van der Waals surface area contributed by atoms with Crippen LogP contribution in [0.1, 0.15) is 32.3 Å². The standard InChI is InChI=1S/C19H24F3N3O2S/c1-17(2)8-7-14(18(17,26)10-25-16(28)23-12-24-25)9-13-3-5-15(6-4-13)27-11-19(20,21)22/h3-6,12,14,26H,7-11H2,1-2H3,(H,23,24,28). The zero-order valence-corrected chi connectivity index (χ0v) is 16.6. The van der Waals surface area contributed by atoms with Crippen molar-refractivity contribution in [3.8, 4) is 5.75 Å². The van der Waals surface area contributed by atoms with Gasteiger partial charge in [0, 0.05) is 0 Å². The summed E-state index contributed by atoms with van der Waals surface area (Å²) in [7, 11) is 0. The van der Waals surface area contributed by atoms with Crippen LogP contribution < -0.4 is 4.74 Å². The molecular formula is C19H24F3N3O2S. The van der Waals surface area contributed by atoms with Crippen molar-refractivity contribution in [2.24, 2.45) is 11.3 Å². The minimum absolute atomic E-state index is 0.0188. The van der Waals surface area contributed by atoms with E-state index in [1.807, 2.05) is 13.8 Å². The number of nitrogens with one attached hydrogen (secondary N) is 1. The third-order valence-electron chi connectivity index (χ3n) is 5.79. The van der Waals surface area contributed by atoms with Crippen LogP contribution in [0, 0.1) is 16.1 Å². The predicted molar refractivity (Wildman–Crippen MR) is 101 cm³/mol. The molecule has 0 spiro atoms. The molecule has 0 aliphatic heterocycles. The van der Waals surface area contributed by atoms with Gasteiger partial charge in [-0.1, -0.05) is 26.0 Å². The second-order valence-electron chi connectivity index (χ2n) is 8.05. The van der Waals surface area contributed by atoms with E-state index >= 15 is 0 Å². The molecule has 1 aromatic heterocycles. The summed E-state index contributed by atoms with van der Waals surface area (Å²) in [5.74, 6) is 0.154. The van der Waals surface area contributed by atoms with Crippen molar-refractivity contribution in [3.05, 3.63) is 40.9 Å². The lowest BCUT2D eigenvalue weighted by atomic mass is 9.72. The maximum absolute atomic E-state index is 12.3. The molecule has 0 bridgehead atoms. The van der Waals surface area contributed by atoms with Crippen LogP contribution >= 0.6 is 12.2 Å². The average Bonchev–Trinajstić information content (AvgIpc) is 3.10. The Bertz CT molecular complexity index is 860. The molecule has 1 aliphatic rings. The van der Waals surface area contributed by atoms with Crippen molar-refractivity contribution in [1.82, 2.24) is 14.8 Å². The van der Waals surface area contributed by atoms with Gasteiger partial charge in [0.05, 0.1) is 12.1 Å². The van der Waals surface area contributed by atoms with E-state index < -0.39 is 18.4 Å².